The second-order valence-corrected chi connectivity index (χ2v) is 8.09. The first kappa shape index (κ1) is 20.9. The number of pyridine rings is 1. The summed E-state index contributed by atoms with van der Waals surface area (Å²) < 4.78 is 11.5. The Morgan fingerprint density at radius 1 is 1.07 bits per heavy atom. The summed E-state index contributed by atoms with van der Waals surface area (Å²) in [5, 5.41) is 1.47. The number of nitrogens with zero attached hydrogens (tertiary/aromatic N) is 2. The number of carbonyl (C=O) groups excluding carboxylic acids is 1. The van der Waals surface area contributed by atoms with Crippen molar-refractivity contribution in [3.63, 3.8) is 0 Å². The van der Waals surface area contributed by atoms with E-state index in [2.05, 4.69) is 9.88 Å². The van der Waals surface area contributed by atoms with Crippen molar-refractivity contribution >= 4 is 40.1 Å². The van der Waals surface area contributed by atoms with Crippen molar-refractivity contribution in [2.24, 2.45) is 0 Å². The molecule has 3 aromatic rings. The molecule has 0 saturated carbocycles. The van der Waals surface area contributed by atoms with Crippen LogP contribution in [0.4, 0.5) is 0 Å². The zero-order valence-corrected chi connectivity index (χ0v) is 18.0. The highest BCUT2D eigenvalue weighted by molar-refractivity contribution is 6.39. The summed E-state index contributed by atoms with van der Waals surface area (Å²) >= 11 is 12.6. The predicted molar refractivity (Wildman–Crippen MR) is 118 cm³/mol. The van der Waals surface area contributed by atoms with Gasteiger partial charge in [0.05, 0.1) is 15.9 Å². The molecule has 0 spiro atoms. The van der Waals surface area contributed by atoms with Gasteiger partial charge in [0.1, 0.15) is 19.0 Å². The Kier molecular flexibility index (Phi) is 6.72. The lowest BCUT2D eigenvalue weighted by atomic mass is 10.1. The second kappa shape index (κ2) is 9.65. The number of hydrogen-bond donors (Lipinski definition) is 0. The maximum absolute atomic E-state index is 12.6. The molecule has 1 saturated heterocycles. The van der Waals surface area contributed by atoms with Crippen LogP contribution in [0.25, 0.3) is 10.9 Å². The van der Waals surface area contributed by atoms with Crippen LogP contribution in [-0.2, 0) is 11.3 Å². The number of benzene rings is 2. The number of ether oxygens (including phenoxy) is 2. The zero-order valence-electron chi connectivity index (χ0n) is 16.4. The van der Waals surface area contributed by atoms with Crippen molar-refractivity contribution in [2.75, 3.05) is 26.2 Å². The van der Waals surface area contributed by atoms with Gasteiger partial charge in [-0.05, 0) is 43.6 Å². The molecule has 2 heterocycles. The highest BCUT2D eigenvalue weighted by Gasteiger charge is 2.18. The molecule has 0 aliphatic carbocycles. The van der Waals surface area contributed by atoms with Crippen molar-refractivity contribution in [3.05, 3.63) is 69.8 Å². The first-order chi connectivity index (χ1) is 14.6. The number of likely N-dealkylation sites (tertiary alicyclic amines) is 1. The summed E-state index contributed by atoms with van der Waals surface area (Å²) in [5.41, 5.74) is 1.66. The maximum Gasteiger partial charge on any atom is 0.357 e. The van der Waals surface area contributed by atoms with Crippen molar-refractivity contribution < 1.29 is 14.3 Å². The van der Waals surface area contributed by atoms with E-state index in [-0.39, 0.29) is 5.69 Å². The minimum absolute atomic E-state index is 0.172. The Morgan fingerprint density at radius 3 is 2.60 bits per heavy atom. The van der Waals surface area contributed by atoms with Crippen molar-refractivity contribution in [1.29, 1.82) is 0 Å². The van der Waals surface area contributed by atoms with Crippen molar-refractivity contribution in [3.8, 4) is 5.75 Å². The fraction of sp³-hybridized carbons (Fsp3) is 0.304. The number of esters is 1. The minimum Gasteiger partial charge on any atom is -0.488 e. The highest BCUT2D eigenvalue weighted by atomic mass is 35.5. The topological polar surface area (TPSA) is 51.7 Å². The third kappa shape index (κ3) is 5.04. The Hall–Kier alpha value is -2.34. The average Bonchev–Trinajstić information content (AvgIpc) is 3.25. The second-order valence-electron chi connectivity index (χ2n) is 7.25. The molecule has 0 unspecified atom stereocenters. The number of hydrogen-bond acceptors (Lipinski definition) is 5. The predicted octanol–water partition coefficient (Wildman–Crippen LogP) is 5.37. The molecule has 7 heteroatoms. The first-order valence-electron chi connectivity index (χ1n) is 9.96. The largest absolute Gasteiger partial charge is 0.488 e. The van der Waals surface area contributed by atoms with E-state index in [0.717, 1.165) is 25.2 Å². The molecule has 0 amide bonds. The van der Waals surface area contributed by atoms with Crippen LogP contribution in [0.1, 0.15) is 28.9 Å². The van der Waals surface area contributed by atoms with Crippen LogP contribution in [0.3, 0.4) is 0 Å². The fourth-order valence-electron chi connectivity index (χ4n) is 3.55. The average molecular weight is 445 g/mol. The summed E-state index contributed by atoms with van der Waals surface area (Å²) in [6.45, 7) is 3.51. The molecule has 1 fully saturated rings. The van der Waals surface area contributed by atoms with Crippen LogP contribution in [0.15, 0.2) is 48.5 Å². The van der Waals surface area contributed by atoms with Gasteiger partial charge in [0.15, 0.2) is 5.69 Å². The minimum atomic E-state index is -0.489. The summed E-state index contributed by atoms with van der Waals surface area (Å²) in [6, 6.07) is 14.7. The molecule has 0 bridgehead atoms. The van der Waals surface area contributed by atoms with Crippen LogP contribution in [0, 0.1) is 0 Å². The molecular formula is C23H22Cl2N2O3. The molecule has 5 nitrogen and oxygen atoms in total. The molecule has 1 aliphatic heterocycles. The molecule has 0 atom stereocenters. The molecule has 156 valence electrons. The van der Waals surface area contributed by atoms with Crippen LogP contribution < -0.4 is 4.74 Å². The third-order valence-corrected chi connectivity index (χ3v) is 5.59. The van der Waals surface area contributed by atoms with Gasteiger partial charge in [0, 0.05) is 17.6 Å². The number of rotatable bonds is 7. The summed E-state index contributed by atoms with van der Waals surface area (Å²) in [7, 11) is 0. The van der Waals surface area contributed by atoms with Crippen LogP contribution >= 0.6 is 23.2 Å². The molecule has 1 aromatic heterocycles. The highest BCUT2D eigenvalue weighted by Crippen LogP contribution is 2.35. The number of halogens is 2. The monoisotopic (exact) mass is 444 g/mol. The summed E-state index contributed by atoms with van der Waals surface area (Å²) in [5.74, 6) is -0.0197. The summed E-state index contributed by atoms with van der Waals surface area (Å²) in [6.07, 6.45) is 2.40. The van der Waals surface area contributed by atoms with E-state index < -0.39 is 5.97 Å². The summed E-state index contributed by atoms with van der Waals surface area (Å²) in [4.78, 5) is 19.3. The molecule has 2 aromatic carbocycles. The number of fused-ring (bicyclic) bond motifs is 1. The maximum atomic E-state index is 12.6. The van der Waals surface area contributed by atoms with Gasteiger partial charge >= 0.3 is 5.97 Å². The molecule has 1 aliphatic rings. The lowest BCUT2D eigenvalue weighted by Crippen LogP contribution is -2.25. The normalized spacial score (nSPS) is 14.2. The Morgan fingerprint density at radius 2 is 1.83 bits per heavy atom. The van der Waals surface area contributed by atoms with Gasteiger partial charge in [0.2, 0.25) is 0 Å². The van der Waals surface area contributed by atoms with Crippen LogP contribution in [0.5, 0.6) is 5.75 Å². The first-order valence-corrected chi connectivity index (χ1v) is 10.7. The fourth-order valence-corrected chi connectivity index (χ4v) is 4.13. The Labute approximate surface area is 185 Å². The molecule has 0 radical (unpaired) electrons. The molecule has 0 N–H and O–H groups in total. The molecule has 4 rings (SSSR count). The smallest absolute Gasteiger partial charge is 0.357 e. The number of carbonyl (C=O) groups is 1. The Balaban J connectivity index is 1.57. The van der Waals surface area contributed by atoms with E-state index in [1.165, 1.54) is 12.8 Å². The Bertz CT molecular complexity index is 1040. The van der Waals surface area contributed by atoms with E-state index in [1.807, 2.05) is 30.3 Å². The lowest BCUT2D eigenvalue weighted by molar-refractivity contribution is 0.0465. The third-order valence-electron chi connectivity index (χ3n) is 5.07. The van der Waals surface area contributed by atoms with Gasteiger partial charge in [-0.15, -0.1) is 0 Å². The van der Waals surface area contributed by atoms with Gasteiger partial charge in [-0.1, -0.05) is 53.5 Å². The number of aromatic nitrogens is 1. The zero-order chi connectivity index (χ0) is 20.9. The van der Waals surface area contributed by atoms with Gasteiger partial charge in [0.25, 0.3) is 0 Å². The van der Waals surface area contributed by atoms with Crippen LogP contribution in [-0.4, -0.2) is 42.1 Å². The van der Waals surface area contributed by atoms with E-state index in [0.29, 0.717) is 39.9 Å². The van der Waals surface area contributed by atoms with E-state index >= 15 is 0 Å². The van der Waals surface area contributed by atoms with Gasteiger partial charge in [-0.2, -0.15) is 0 Å². The SMILES string of the molecule is O=C(OCCN1CCCC1)c1cc(OCc2ccccc2)c2c(Cl)cc(Cl)cc2n1. The quantitative estimate of drug-likeness (QED) is 0.458. The van der Waals surface area contributed by atoms with Crippen molar-refractivity contribution in [1.82, 2.24) is 9.88 Å². The van der Waals surface area contributed by atoms with Crippen LogP contribution in [0.2, 0.25) is 10.0 Å². The van der Waals surface area contributed by atoms with Gasteiger partial charge in [-0.3, -0.25) is 4.90 Å². The van der Waals surface area contributed by atoms with Crippen molar-refractivity contribution in [2.45, 2.75) is 19.4 Å². The lowest BCUT2D eigenvalue weighted by Gasteiger charge is -2.15. The van der Waals surface area contributed by atoms with Gasteiger partial charge in [-0.25, -0.2) is 9.78 Å². The molecular weight excluding hydrogens is 423 g/mol. The molecule has 30 heavy (non-hydrogen) atoms. The van der Waals surface area contributed by atoms with Gasteiger partial charge < -0.3 is 9.47 Å². The standard InChI is InChI=1S/C23H22Cl2N2O3/c24-17-12-18(25)22-19(13-17)26-20(23(28)29-11-10-27-8-4-5-9-27)14-21(22)30-15-16-6-2-1-3-7-16/h1-3,6-7,12-14H,4-5,8-11,15H2. The van der Waals surface area contributed by atoms with E-state index in [4.69, 9.17) is 32.7 Å². The van der Waals surface area contributed by atoms with E-state index in [1.54, 1.807) is 18.2 Å². The van der Waals surface area contributed by atoms with E-state index in [9.17, 15) is 4.79 Å².